The number of urea groups is 1. The second-order valence-corrected chi connectivity index (χ2v) is 5.71. The molecule has 2 rings (SSSR count). The molecule has 1 N–H and O–H groups in total. The van der Waals surface area contributed by atoms with E-state index in [-0.39, 0.29) is 6.03 Å². The predicted molar refractivity (Wildman–Crippen MR) is 77.9 cm³/mol. The molecule has 0 spiro atoms. The van der Waals surface area contributed by atoms with Gasteiger partial charge in [-0.15, -0.1) is 0 Å². The molecule has 1 aliphatic heterocycles. The van der Waals surface area contributed by atoms with Gasteiger partial charge in [-0.25, -0.2) is 4.79 Å². The van der Waals surface area contributed by atoms with E-state index >= 15 is 0 Å². The number of anilines is 1. The standard InChI is InChI=1S/C14H19BrN2O/c1-11-10-12(15)6-7-13(11)16-14(18)17-8-4-2-3-5-9-17/h6-7,10H,2-5,8-9H2,1H3,(H,16,18). The van der Waals surface area contributed by atoms with Gasteiger partial charge in [-0.3, -0.25) is 0 Å². The van der Waals surface area contributed by atoms with Gasteiger partial charge in [0.2, 0.25) is 0 Å². The zero-order chi connectivity index (χ0) is 13.0. The van der Waals surface area contributed by atoms with Gasteiger partial charge in [0.05, 0.1) is 0 Å². The number of aryl methyl sites for hydroxylation is 1. The maximum Gasteiger partial charge on any atom is 0.321 e. The summed E-state index contributed by atoms with van der Waals surface area (Å²) in [4.78, 5) is 14.1. The molecule has 0 aromatic heterocycles. The van der Waals surface area contributed by atoms with Crippen molar-refractivity contribution in [2.45, 2.75) is 32.6 Å². The van der Waals surface area contributed by atoms with E-state index in [0.717, 1.165) is 41.7 Å². The number of carbonyl (C=O) groups is 1. The number of nitrogens with one attached hydrogen (secondary N) is 1. The summed E-state index contributed by atoms with van der Waals surface area (Å²) in [6.07, 6.45) is 4.71. The Labute approximate surface area is 117 Å². The first kappa shape index (κ1) is 13.4. The van der Waals surface area contributed by atoms with Gasteiger partial charge in [0, 0.05) is 23.2 Å². The van der Waals surface area contributed by atoms with Crippen molar-refractivity contribution in [3.63, 3.8) is 0 Å². The quantitative estimate of drug-likeness (QED) is 0.829. The van der Waals surface area contributed by atoms with Gasteiger partial charge < -0.3 is 10.2 Å². The highest BCUT2D eigenvalue weighted by Crippen LogP contribution is 2.21. The summed E-state index contributed by atoms with van der Waals surface area (Å²) in [5.41, 5.74) is 1.97. The molecule has 2 amide bonds. The van der Waals surface area contributed by atoms with Crippen molar-refractivity contribution in [1.29, 1.82) is 0 Å². The van der Waals surface area contributed by atoms with Gasteiger partial charge in [0.15, 0.2) is 0 Å². The average Bonchev–Trinajstić information content (AvgIpc) is 2.61. The van der Waals surface area contributed by atoms with E-state index in [4.69, 9.17) is 0 Å². The highest BCUT2D eigenvalue weighted by molar-refractivity contribution is 9.10. The third kappa shape index (κ3) is 3.48. The first-order chi connectivity index (χ1) is 8.66. The second kappa shape index (κ2) is 6.23. The zero-order valence-corrected chi connectivity index (χ0v) is 12.3. The summed E-state index contributed by atoms with van der Waals surface area (Å²) in [5.74, 6) is 0. The smallest absolute Gasteiger partial charge is 0.321 e. The molecule has 0 atom stereocenters. The van der Waals surface area contributed by atoms with Crippen molar-refractivity contribution < 1.29 is 4.79 Å². The van der Waals surface area contributed by atoms with Gasteiger partial charge >= 0.3 is 6.03 Å². The van der Waals surface area contributed by atoms with E-state index in [1.165, 1.54) is 12.8 Å². The number of likely N-dealkylation sites (tertiary alicyclic amines) is 1. The molecule has 18 heavy (non-hydrogen) atoms. The van der Waals surface area contributed by atoms with Crippen LogP contribution < -0.4 is 5.32 Å². The summed E-state index contributed by atoms with van der Waals surface area (Å²) >= 11 is 3.43. The fourth-order valence-electron chi connectivity index (χ4n) is 2.24. The first-order valence-electron chi connectivity index (χ1n) is 6.49. The molecule has 0 aliphatic carbocycles. The van der Waals surface area contributed by atoms with Crippen LogP contribution in [0.25, 0.3) is 0 Å². The Kier molecular flexibility index (Phi) is 4.64. The third-order valence-electron chi connectivity index (χ3n) is 3.32. The van der Waals surface area contributed by atoms with Gasteiger partial charge in [-0.2, -0.15) is 0 Å². The molecule has 1 fully saturated rings. The van der Waals surface area contributed by atoms with Crippen LogP contribution in [0.4, 0.5) is 10.5 Å². The molecule has 0 saturated carbocycles. The van der Waals surface area contributed by atoms with Crippen molar-refractivity contribution in [1.82, 2.24) is 4.90 Å². The van der Waals surface area contributed by atoms with E-state index in [2.05, 4.69) is 21.2 Å². The fraction of sp³-hybridized carbons (Fsp3) is 0.500. The molecular formula is C14H19BrN2O. The normalized spacial score (nSPS) is 16.2. The number of carbonyl (C=O) groups excluding carboxylic acids is 1. The van der Waals surface area contributed by atoms with Crippen molar-refractivity contribution in [3.8, 4) is 0 Å². The topological polar surface area (TPSA) is 32.3 Å². The molecule has 3 nitrogen and oxygen atoms in total. The van der Waals surface area contributed by atoms with E-state index < -0.39 is 0 Å². The van der Waals surface area contributed by atoms with Gasteiger partial charge in [0.1, 0.15) is 0 Å². The van der Waals surface area contributed by atoms with E-state index in [1.54, 1.807) is 0 Å². The number of hydrogen-bond donors (Lipinski definition) is 1. The zero-order valence-electron chi connectivity index (χ0n) is 10.7. The van der Waals surface area contributed by atoms with Gasteiger partial charge in [-0.1, -0.05) is 28.8 Å². The van der Waals surface area contributed by atoms with Crippen molar-refractivity contribution in [2.24, 2.45) is 0 Å². The van der Waals surface area contributed by atoms with Crippen molar-refractivity contribution >= 4 is 27.6 Å². The molecule has 0 bridgehead atoms. The number of hydrogen-bond acceptors (Lipinski definition) is 1. The van der Waals surface area contributed by atoms with Gasteiger partial charge in [0.25, 0.3) is 0 Å². The number of amides is 2. The molecule has 1 saturated heterocycles. The number of nitrogens with zero attached hydrogens (tertiary/aromatic N) is 1. The molecule has 1 aliphatic rings. The lowest BCUT2D eigenvalue weighted by molar-refractivity contribution is 0.213. The minimum atomic E-state index is 0.0299. The third-order valence-corrected chi connectivity index (χ3v) is 3.82. The Balaban J connectivity index is 2.01. The van der Waals surface area contributed by atoms with Crippen LogP contribution in [0.15, 0.2) is 22.7 Å². The number of halogens is 1. The lowest BCUT2D eigenvalue weighted by atomic mass is 10.2. The van der Waals surface area contributed by atoms with Crippen molar-refractivity contribution in [3.05, 3.63) is 28.2 Å². The van der Waals surface area contributed by atoms with Crippen LogP contribution in [0.3, 0.4) is 0 Å². The highest BCUT2D eigenvalue weighted by atomic mass is 79.9. The lowest BCUT2D eigenvalue weighted by Crippen LogP contribution is -2.35. The van der Waals surface area contributed by atoms with E-state index in [1.807, 2.05) is 30.0 Å². The minimum Gasteiger partial charge on any atom is -0.325 e. The van der Waals surface area contributed by atoms with Crippen LogP contribution in [-0.4, -0.2) is 24.0 Å². The van der Waals surface area contributed by atoms with E-state index in [9.17, 15) is 4.79 Å². The maximum absolute atomic E-state index is 12.2. The average molecular weight is 311 g/mol. The summed E-state index contributed by atoms with van der Waals surface area (Å²) in [5, 5.41) is 3.00. The Morgan fingerprint density at radius 1 is 1.22 bits per heavy atom. The Bertz CT molecular complexity index is 426. The predicted octanol–water partition coefficient (Wildman–Crippen LogP) is 4.17. The maximum atomic E-state index is 12.2. The van der Waals surface area contributed by atoms with Crippen LogP contribution in [0.2, 0.25) is 0 Å². The highest BCUT2D eigenvalue weighted by Gasteiger charge is 2.15. The molecule has 1 heterocycles. The molecule has 4 heteroatoms. The first-order valence-corrected chi connectivity index (χ1v) is 7.28. The largest absolute Gasteiger partial charge is 0.325 e. The number of benzene rings is 1. The summed E-state index contributed by atoms with van der Waals surface area (Å²) in [6, 6.07) is 5.93. The molecule has 0 radical (unpaired) electrons. The van der Waals surface area contributed by atoms with Crippen LogP contribution >= 0.6 is 15.9 Å². The van der Waals surface area contributed by atoms with Gasteiger partial charge in [-0.05, 0) is 43.5 Å². The van der Waals surface area contributed by atoms with Crippen molar-refractivity contribution in [2.75, 3.05) is 18.4 Å². The number of rotatable bonds is 1. The molecule has 0 unspecified atom stereocenters. The molecule has 98 valence electrons. The van der Waals surface area contributed by atoms with Crippen LogP contribution in [-0.2, 0) is 0 Å². The summed E-state index contributed by atoms with van der Waals surface area (Å²) in [6.45, 7) is 3.76. The Hall–Kier alpha value is -1.03. The SMILES string of the molecule is Cc1cc(Br)ccc1NC(=O)N1CCCCCC1. The Morgan fingerprint density at radius 3 is 2.50 bits per heavy atom. The monoisotopic (exact) mass is 310 g/mol. The fourth-order valence-corrected chi connectivity index (χ4v) is 2.71. The molecule has 1 aromatic rings. The summed E-state index contributed by atoms with van der Waals surface area (Å²) in [7, 11) is 0. The van der Waals surface area contributed by atoms with E-state index in [0.29, 0.717) is 0 Å². The van der Waals surface area contributed by atoms with Crippen LogP contribution in [0.1, 0.15) is 31.2 Å². The molecule has 1 aromatic carbocycles. The van der Waals surface area contributed by atoms with Crippen LogP contribution in [0, 0.1) is 6.92 Å². The van der Waals surface area contributed by atoms with Crippen LogP contribution in [0.5, 0.6) is 0 Å². The Morgan fingerprint density at radius 2 is 1.89 bits per heavy atom. The second-order valence-electron chi connectivity index (χ2n) is 4.79. The summed E-state index contributed by atoms with van der Waals surface area (Å²) < 4.78 is 1.03. The lowest BCUT2D eigenvalue weighted by Gasteiger charge is -2.21. The minimum absolute atomic E-state index is 0.0299. The molecular weight excluding hydrogens is 292 g/mol.